The molecule has 0 spiro atoms. The molecule has 0 aromatic heterocycles. The normalized spacial score (nSPS) is 12.7. The number of aliphatic hydroxyl groups excluding tert-OH is 2. The third-order valence-electron chi connectivity index (χ3n) is 1.63. The average molecular weight is 191 g/mol. The fraction of sp³-hybridized carbons (Fsp3) is 0.875. The zero-order chi connectivity index (χ0) is 10.3. The van der Waals surface area contributed by atoms with Crippen LogP contribution in [0.25, 0.3) is 0 Å². The van der Waals surface area contributed by atoms with Gasteiger partial charge in [0.1, 0.15) is 6.61 Å². The molecule has 0 heterocycles. The Balaban J connectivity index is 3.73. The predicted octanol–water partition coefficient (Wildman–Crippen LogP) is -0.278. The van der Waals surface area contributed by atoms with Gasteiger partial charge in [0.15, 0.2) is 0 Å². The van der Waals surface area contributed by atoms with Gasteiger partial charge in [-0.1, -0.05) is 13.8 Å². The molecule has 1 amide bonds. The number of aliphatic hydroxyl groups is 2. The summed E-state index contributed by atoms with van der Waals surface area (Å²) >= 11 is 0. The van der Waals surface area contributed by atoms with E-state index in [2.05, 4.69) is 10.1 Å². The van der Waals surface area contributed by atoms with Gasteiger partial charge in [0.05, 0.1) is 19.3 Å². The van der Waals surface area contributed by atoms with Gasteiger partial charge in [-0.2, -0.15) is 0 Å². The van der Waals surface area contributed by atoms with Crippen molar-refractivity contribution in [2.45, 2.75) is 19.9 Å². The second kappa shape index (κ2) is 6.68. The SMILES string of the molecule is CC(C)[C@@H](CO)NC(=O)OCCO. The molecule has 0 fully saturated rings. The highest BCUT2D eigenvalue weighted by atomic mass is 16.6. The molecule has 5 heteroatoms. The quantitative estimate of drug-likeness (QED) is 0.558. The van der Waals surface area contributed by atoms with E-state index >= 15 is 0 Å². The molecule has 0 rings (SSSR count). The summed E-state index contributed by atoms with van der Waals surface area (Å²) in [6.45, 7) is 3.42. The fourth-order valence-corrected chi connectivity index (χ4v) is 0.755. The van der Waals surface area contributed by atoms with Crippen LogP contribution in [0.15, 0.2) is 0 Å². The lowest BCUT2D eigenvalue weighted by Gasteiger charge is -2.19. The van der Waals surface area contributed by atoms with Gasteiger partial charge in [-0.15, -0.1) is 0 Å². The smallest absolute Gasteiger partial charge is 0.407 e. The summed E-state index contributed by atoms with van der Waals surface area (Å²) in [5.74, 6) is 0.145. The molecular formula is C8H17NO4. The van der Waals surface area contributed by atoms with E-state index in [9.17, 15) is 4.79 Å². The molecule has 0 aliphatic heterocycles. The minimum Gasteiger partial charge on any atom is -0.447 e. The van der Waals surface area contributed by atoms with Crippen molar-refractivity contribution in [1.82, 2.24) is 5.32 Å². The third kappa shape index (κ3) is 5.43. The van der Waals surface area contributed by atoms with Crippen LogP contribution in [0.2, 0.25) is 0 Å². The molecule has 0 aromatic rings. The van der Waals surface area contributed by atoms with Gasteiger partial charge in [-0.3, -0.25) is 0 Å². The van der Waals surface area contributed by atoms with Crippen LogP contribution in [0.5, 0.6) is 0 Å². The van der Waals surface area contributed by atoms with Gasteiger partial charge >= 0.3 is 6.09 Å². The fourth-order valence-electron chi connectivity index (χ4n) is 0.755. The van der Waals surface area contributed by atoms with E-state index in [-0.39, 0.29) is 31.8 Å². The summed E-state index contributed by atoms with van der Waals surface area (Å²) in [6.07, 6.45) is -0.609. The van der Waals surface area contributed by atoms with Crippen molar-refractivity contribution in [3.8, 4) is 0 Å². The summed E-state index contributed by atoms with van der Waals surface area (Å²) in [5, 5.41) is 19.7. The molecule has 3 N–H and O–H groups in total. The zero-order valence-corrected chi connectivity index (χ0v) is 7.99. The summed E-state index contributed by atoms with van der Waals surface area (Å²) in [7, 11) is 0. The maximum Gasteiger partial charge on any atom is 0.407 e. The number of hydrogen-bond acceptors (Lipinski definition) is 4. The number of rotatable bonds is 5. The Morgan fingerprint density at radius 3 is 2.46 bits per heavy atom. The minimum absolute atomic E-state index is 0.0257. The first-order chi connectivity index (χ1) is 6.11. The Morgan fingerprint density at radius 2 is 2.08 bits per heavy atom. The highest BCUT2D eigenvalue weighted by molar-refractivity contribution is 5.67. The number of amides is 1. The molecule has 0 saturated heterocycles. The van der Waals surface area contributed by atoms with E-state index in [4.69, 9.17) is 10.2 Å². The molecule has 13 heavy (non-hydrogen) atoms. The van der Waals surface area contributed by atoms with Crippen molar-refractivity contribution in [2.75, 3.05) is 19.8 Å². The highest BCUT2D eigenvalue weighted by Crippen LogP contribution is 2.00. The second-order valence-electron chi connectivity index (χ2n) is 3.04. The molecular weight excluding hydrogens is 174 g/mol. The van der Waals surface area contributed by atoms with Crippen LogP contribution in [0.3, 0.4) is 0 Å². The van der Waals surface area contributed by atoms with Crippen LogP contribution in [0.1, 0.15) is 13.8 Å². The number of nitrogens with one attached hydrogen (secondary N) is 1. The molecule has 0 aromatic carbocycles. The lowest BCUT2D eigenvalue weighted by molar-refractivity contribution is 0.108. The van der Waals surface area contributed by atoms with Gasteiger partial charge < -0.3 is 20.3 Å². The van der Waals surface area contributed by atoms with Crippen LogP contribution in [-0.4, -0.2) is 42.2 Å². The van der Waals surface area contributed by atoms with Gasteiger partial charge in [0.25, 0.3) is 0 Å². The van der Waals surface area contributed by atoms with Crippen molar-refractivity contribution >= 4 is 6.09 Å². The van der Waals surface area contributed by atoms with Crippen molar-refractivity contribution in [1.29, 1.82) is 0 Å². The molecule has 1 atom stereocenters. The summed E-state index contributed by atoms with van der Waals surface area (Å²) in [5.41, 5.74) is 0. The average Bonchev–Trinajstić information content (AvgIpc) is 2.10. The maximum absolute atomic E-state index is 10.9. The molecule has 5 nitrogen and oxygen atoms in total. The lowest BCUT2D eigenvalue weighted by atomic mass is 10.1. The van der Waals surface area contributed by atoms with Crippen LogP contribution >= 0.6 is 0 Å². The molecule has 0 saturated carbocycles. The number of carbonyl (C=O) groups is 1. The minimum atomic E-state index is -0.609. The number of carbonyl (C=O) groups excluding carboxylic acids is 1. The van der Waals surface area contributed by atoms with E-state index in [1.54, 1.807) is 0 Å². The van der Waals surface area contributed by atoms with Gasteiger partial charge in [-0.25, -0.2) is 4.79 Å². The van der Waals surface area contributed by atoms with E-state index in [1.807, 2.05) is 13.8 Å². The van der Waals surface area contributed by atoms with E-state index in [0.29, 0.717) is 0 Å². The standard InChI is InChI=1S/C8H17NO4/c1-6(2)7(5-11)9-8(12)13-4-3-10/h6-7,10-11H,3-5H2,1-2H3,(H,9,12)/t7-/m1/s1. The summed E-state index contributed by atoms with van der Waals surface area (Å²) in [6, 6.07) is -0.300. The van der Waals surface area contributed by atoms with Crippen LogP contribution in [0, 0.1) is 5.92 Å². The van der Waals surface area contributed by atoms with Crippen molar-refractivity contribution < 1.29 is 19.7 Å². The summed E-state index contributed by atoms with van der Waals surface area (Å²) in [4.78, 5) is 10.9. The van der Waals surface area contributed by atoms with E-state index < -0.39 is 6.09 Å². The Hall–Kier alpha value is -0.810. The molecule has 78 valence electrons. The molecule has 0 aliphatic rings. The molecule has 0 bridgehead atoms. The van der Waals surface area contributed by atoms with Crippen LogP contribution in [0.4, 0.5) is 4.79 Å². The Bertz CT molecular complexity index is 149. The Morgan fingerprint density at radius 1 is 1.46 bits per heavy atom. The molecule has 0 unspecified atom stereocenters. The van der Waals surface area contributed by atoms with Crippen LogP contribution < -0.4 is 5.32 Å². The van der Waals surface area contributed by atoms with Gasteiger partial charge in [-0.05, 0) is 5.92 Å². The third-order valence-corrected chi connectivity index (χ3v) is 1.63. The first-order valence-electron chi connectivity index (χ1n) is 4.26. The number of alkyl carbamates (subject to hydrolysis) is 1. The first-order valence-corrected chi connectivity index (χ1v) is 4.26. The van der Waals surface area contributed by atoms with Crippen molar-refractivity contribution in [2.24, 2.45) is 5.92 Å². The first kappa shape index (κ1) is 12.2. The van der Waals surface area contributed by atoms with Gasteiger partial charge in [0, 0.05) is 0 Å². The maximum atomic E-state index is 10.9. The zero-order valence-electron chi connectivity index (χ0n) is 7.99. The second-order valence-corrected chi connectivity index (χ2v) is 3.04. The molecule has 0 aliphatic carbocycles. The van der Waals surface area contributed by atoms with Crippen LogP contribution in [-0.2, 0) is 4.74 Å². The highest BCUT2D eigenvalue weighted by Gasteiger charge is 2.15. The summed E-state index contributed by atoms with van der Waals surface area (Å²) < 4.78 is 4.56. The van der Waals surface area contributed by atoms with Crippen molar-refractivity contribution in [3.63, 3.8) is 0 Å². The topological polar surface area (TPSA) is 78.8 Å². The van der Waals surface area contributed by atoms with E-state index in [0.717, 1.165) is 0 Å². The molecule has 0 radical (unpaired) electrons. The largest absolute Gasteiger partial charge is 0.447 e. The number of ether oxygens (including phenoxy) is 1. The predicted molar refractivity (Wildman–Crippen MR) is 47.3 cm³/mol. The number of hydrogen-bond donors (Lipinski definition) is 3. The Kier molecular flexibility index (Phi) is 6.26. The Labute approximate surface area is 77.7 Å². The van der Waals surface area contributed by atoms with Crippen molar-refractivity contribution in [3.05, 3.63) is 0 Å². The monoisotopic (exact) mass is 191 g/mol. The van der Waals surface area contributed by atoms with E-state index in [1.165, 1.54) is 0 Å². The van der Waals surface area contributed by atoms with Gasteiger partial charge in [0.2, 0.25) is 0 Å². The lowest BCUT2D eigenvalue weighted by Crippen LogP contribution is -2.41.